The Kier molecular flexibility index (Phi) is 7.55. The maximum atomic E-state index is 12.0. The van der Waals surface area contributed by atoms with Crippen LogP contribution in [0.4, 0.5) is 5.69 Å². The van der Waals surface area contributed by atoms with E-state index in [2.05, 4.69) is 15.8 Å². The van der Waals surface area contributed by atoms with E-state index in [4.69, 9.17) is 4.74 Å². The minimum absolute atomic E-state index is 0.297. The van der Waals surface area contributed by atoms with Crippen LogP contribution in [0.25, 0.3) is 0 Å². The molecule has 0 heterocycles. The number of nitrogens with zero attached hydrogens (tertiary/aromatic N) is 1. The van der Waals surface area contributed by atoms with Crippen molar-refractivity contribution in [3.8, 4) is 5.75 Å². The molecule has 2 rings (SSSR count). The Labute approximate surface area is 159 Å². The van der Waals surface area contributed by atoms with Crippen molar-refractivity contribution in [1.29, 1.82) is 0 Å². The number of nitrogens with one attached hydrogen (secondary N) is 2. The fraction of sp³-hybridized carbons (Fsp3) is 0.286. The predicted octanol–water partition coefficient (Wildman–Crippen LogP) is 3.57. The number of aryl methyl sites for hydroxylation is 2. The van der Waals surface area contributed by atoms with Gasteiger partial charge in [-0.3, -0.25) is 9.59 Å². The van der Waals surface area contributed by atoms with E-state index in [1.54, 1.807) is 0 Å². The maximum Gasteiger partial charge on any atom is 0.249 e. The molecule has 0 saturated carbocycles. The molecule has 142 valence electrons. The number of carbonyl (C=O) groups is 2. The summed E-state index contributed by atoms with van der Waals surface area (Å²) < 4.78 is 5.50. The summed E-state index contributed by atoms with van der Waals surface area (Å²) in [5.74, 6) is -0.0652. The lowest BCUT2D eigenvalue weighted by atomic mass is 10.1. The highest BCUT2D eigenvalue weighted by Crippen LogP contribution is 2.16. The van der Waals surface area contributed by atoms with Gasteiger partial charge in [0.25, 0.3) is 0 Å². The van der Waals surface area contributed by atoms with E-state index < -0.39 is 5.91 Å². The van der Waals surface area contributed by atoms with Gasteiger partial charge in [-0.05, 0) is 61.7 Å². The molecule has 0 spiro atoms. The molecule has 2 aromatic carbocycles. The third-order valence-electron chi connectivity index (χ3n) is 3.73. The van der Waals surface area contributed by atoms with Crippen LogP contribution in [-0.2, 0) is 9.59 Å². The highest BCUT2D eigenvalue weighted by molar-refractivity contribution is 6.04. The largest absolute Gasteiger partial charge is 0.494 e. The molecule has 0 saturated heterocycles. The Hall–Kier alpha value is -3.15. The number of hydrogen-bond acceptors (Lipinski definition) is 4. The third kappa shape index (κ3) is 6.93. The van der Waals surface area contributed by atoms with Gasteiger partial charge in [0.05, 0.1) is 12.8 Å². The average molecular weight is 367 g/mol. The zero-order valence-electron chi connectivity index (χ0n) is 15.9. The van der Waals surface area contributed by atoms with Gasteiger partial charge < -0.3 is 10.1 Å². The first-order chi connectivity index (χ1) is 13.0. The summed E-state index contributed by atoms with van der Waals surface area (Å²) in [4.78, 5) is 23.8. The fourth-order valence-corrected chi connectivity index (χ4v) is 2.38. The highest BCUT2D eigenvalue weighted by Gasteiger charge is 2.10. The monoisotopic (exact) mass is 367 g/mol. The topological polar surface area (TPSA) is 79.8 Å². The van der Waals surface area contributed by atoms with Crippen molar-refractivity contribution in [2.75, 3.05) is 11.9 Å². The number of ether oxygens (including phenoxy) is 1. The lowest BCUT2D eigenvalue weighted by molar-refractivity contribution is -0.126. The molecule has 0 aromatic heterocycles. The number of hydrazone groups is 1. The van der Waals surface area contributed by atoms with Crippen LogP contribution in [0.3, 0.4) is 0 Å². The Morgan fingerprint density at radius 1 is 1.07 bits per heavy atom. The van der Waals surface area contributed by atoms with Crippen LogP contribution in [0.2, 0.25) is 0 Å². The summed E-state index contributed by atoms with van der Waals surface area (Å²) in [6, 6.07) is 13.1. The summed E-state index contributed by atoms with van der Waals surface area (Å²) in [5.41, 5.74) is 5.94. The standard InChI is InChI=1S/C21H25N3O3/c1-4-11-27-18-8-6-17(7-9-18)14-22-24-21(26)13-20(25)23-19-10-5-15(2)12-16(19)3/h5-10,12,14H,4,11,13H2,1-3H3,(H,23,25)(H,24,26). The lowest BCUT2D eigenvalue weighted by Crippen LogP contribution is -2.24. The van der Waals surface area contributed by atoms with E-state index in [1.807, 2.05) is 63.2 Å². The molecular weight excluding hydrogens is 342 g/mol. The van der Waals surface area contributed by atoms with Crippen molar-refractivity contribution in [2.45, 2.75) is 33.6 Å². The summed E-state index contributed by atoms with van der Waals surface area (Å²) in [6.45, 7) is 6.61. The Balaban J connectivity index is 1.79. The maximum absolute atomic E-state index is 12.0. The zero-order chi connectivity index (χ0) is 19.6. The Morgan fingerprint density at radius 2 is 1.81 bits per heavy atom. The van der Waals surface area contributed by atoms with Crippen molar-refractivity contribution in [3.63, 3.8) is 0 Å². The summed E-state index contributed by atoms with van der Waals surface area (Å²) >= 11 is 0. The molecule has 0 bridgehead atoms. The van der Waals surface area contributed by atoms with Gasteiger partial charge in [0, 0.05) is 5.69 Å². The number of amides is 2. The number of benzene rings is 2. The molecule has 0 fully saturated rings. The number of carbonyl (C=O) groups excluding carboxylic acids is 2. The van der Waals surface area contributed by atoms with E-state index in [-0.39, 0.29) is 12.3 Å². The molecule has 2 aromatic rings. The zero-order valence-corrected chi connectivity index (χ0v) is 15.9. The second-order valence-electron chi connectivity index (χ2n) is 6.25. The van der Waals surface area contributed by atoms with E-state index in [9.17, 15) is 9.59 Å². The molecule has 0 atom stereocenters. The minimum atomic E-state index is -0.476. The van der Waals surface area contributed by atoms with Crippen molar-refractivity contribution in [1.82, 2.24) is 5.43 Å². The van der Waals surface area contributed by atoms with Gasteiger partial charge in [0.15, 0.2) is 0 Å². The molecule has 27 heavy (non-hydrogen) atoms. The lowest BCUT2D eigenvalue weighted by Gasteiger charge is -2.08. The van der Waals surface area contributed by atoms with Crippen LogP contribution in [0.5, 0.6) is 5.75 Å². The van der Waals surface area contributed by atoms with Crippen molar-refractivity contribution < 1.29 is 14.3 Å². The van der Waals surface area contributed by atoms with E-state index in [0.29, 0.717) is 12.3 Å². The molecule has 2 N–H and O–H groups in total. The SMILES string of the molecule is CCCOc1ccc(C=NNC(=O)CC(=O)Nc2ccc(C)cc2C)cc1. The van der Waals surface area contributed by atoms with Gasteiger partial charge in [0.1, 0.15) is 12.2 Å². The smallest absolute Gasteiger partial charge is 0.249 e. The average Bonchev–Trinajstić information content (AvgIpc) is 2.63. The van der Waals surface area contributed by atoms with Crippen molar-refractivity contribution in [3.05, 3.63) is 59.2 Å². The summed E-state index contributed by atoms with van der Waals surface area (Å²) in [6.07, 6.45) is 2.17. The Morgan fingerprint density at radius 3 is 2.48 bits per heavy atom. The highest BCUT2D eigenvalue weighted by atomic mass is 16.5. The first-order valence-corrected chi connectivity index (χ1v) is 8.90. The summed E-state index contributed by atoms with van der Waals surface area (Å²) in [5, 5.41) is 6.61. The molecular formula is C21H25N3O3. The second-order valence-corrected chi connectivity index (χ2v) is 6.25. The number of anilines is 1. The van der Waals surface area contributed by atoms with Gasteiger partial charge in [-0.2, -0.15) is 5.10 Å². The Bertz CT molecular complexity index is 814. The molecule has 0 aliphatic heterocycles. The van der Waals surface area contributed by atoms with Crippen LogP contribution >= 0.6 is 0 Å². The van der Waals surface area contributed by atoms with Gasteiger partial charge >= 0.3 is 0 Å². The predicted molar refractivity (Wildman–Crippen MR) is 107 cm³/mol. The molecule has 2 amide bonds. The van der Waals surface area contributed by atoms with E-state index in [0.717, 1.165) is 28.9 Å². The van der Waals surface area contributed by atoms with Gasteiger partial charge in [0.2, 0.25) is 11.8 Å². The first kappa shape index (κ1) is 20.2. The van der Waals surface area contributed by atoms with Crippen molar-refractivity contribution >= 4 is 23.7 Å². The quantitative estimate of drug-likeness (QED) is 0.425. The van der Waals surface area contributed by atoms with E-state index >= 15 is 0 Å². The van der Waals surface area contributed by atoms with Crippen LogP contribution < -0.4 is 15.5 Å². The molecule has 0 aliphatic carbocycles. The minimum Gasteiger partial charge on any atom is -0.494 e. The molecule has 6 nitrogen and oxygen atoms in total. The van der Waals surface area contributed by atoms with Gasteiger partial charge in [-0.15, -0.1) is 0 Å². The fourth-order valence-electron chi connectivity index (χ4n) is 2.38. The molecule has 0 radical (unpaired) electrons. The molecule has 0 unspecified atom stereocenters. The van der Waals surface area contributed by atoms with Crippen LogP contribution in [0, 0.1) is 13.8 Å². The third-order valence-corrected chi connectivity index (χ3v) is 3.73. The molecule has 0 aliphatic rings. The van der Waals surface area contributed by atoms with Gasteiger partial charge in [-0.1, -0.05) is 24.6 Å². The first-order valence-electron chi connectivity index (χ1n) is 8.90. The normalized spacial score (nSPS) is 10.6. The second kappa shape index (κ2) is 10.1. The van der Waals surface area contributed by atoms with Crippen LogP contribution in [0.1, 0.15) is 36.5 Å². The van der Waals surface area contributed by atoms with Crippen LogP contribution in [-0.4, -0.2) is 24.6 Å². The van der Waals surface area contributed by atoms with E-state index in [1.165, 1.54) is 6.21 Å². The van der Waals surface area contributed by atoms with Crippen molar-refractivity contribution in [2.24, 2.45) is 5.10 Å². The van der Waals surface area contributed by atoms with Crippen LogP contribution in [0.15, 0.2) is 47.6 Å². The van der Waals surface area contributed by atoms with Gasteiger partial charge in [-0.25, -0.2) is 5.43 Å². The number of rotatable bonds is 8. The summed E-state index contributed by atoms with van der Waals surface area (Å²) in [7, 11) is 0. The molecule has 6 heteroatoms. The number of hydrogen-bond donors (Lipinski definition) is 2.